The van der Waals surface area contributed by atoms with Gasteiger partial charge in [-0.1, -0.05) is 42.8 Å². The molecular weight excluding hydrogens is 464 g/mol. The van der Waals surface area contributed by atoms with Crippen molar-refractivity contribution in [1.82, 2.24) is 14.5 Å². The number of urea groups is 1. The molecule has 7 heteroatoms. The minimum atomic E-state index is -0.473. The molecule has 4 rings (SSSR count). The Morgan fingerprint density at radius 3 is 2.43 bits per heavy atom. The minimum Gasteiger partial charge on any atom is -0.383 e. The molecule has 4 aromatic rings. The summed E-state index contributed by atoms with van der Waals surface area (Å²) in [5, 5.41) is 3.54. The molecule has 192 valence electrons. The number of aryl methyl sites for hydroxylation is 3. The van der Waals surface area contributed by atoms with Gasteiger partial charge in [0.1, 0.15) is 5.82 Å². The molecule has 0 saturated heterocycles. The van der Waals surface area contributed by atoms with E-state index in [1.165, 1.54) is 0 Å². The number of fused-ring (bicyclic) bond motifs is 1. The number of methoxy groups -OCH3 is 1. The summed E-state index contributed by atoms with van der Waals surface area (Å²) >= 11 is 0. The van der Waals surface area contributed by atoms with Crippen LogP contribution in [0.25, 0.3) is 16.6 Å². The molecule has 0 saturated carbocycles. The highest BCUT2D eigenvalue weighted by molar-refractivity contribution is 5.89. The smallest absolute Gasteiger partial charge is 0.322 e. The first-order valence-corrected chi connectivity index (χ1v) is 12.6. The fraction of sp³-hybridized carbons (Fsp3) is 0.300. The van der Waals surface area contributed by atoms with Gasteiger partial charge in [0.25, 0.3) is 5.56 Å². The molecule has 1 heterocycles. The zero-order chi connectivity index (χ0) is 26.5. The third-order valence-corrected chi connectivity index (χ3v) is 6.71. The standard InChI is InChI=1S/C30H34N4O3/c1-6-27(33(17-18-37-5)30(36)31-23-14-11-20(2)12-15-23)28-32-26-10-8-7-9-25(26)29(35)34(28)24-16-13-21(3)22(4)19-24/h7-16,19,27H,6,17-18H2,1-5H3,(H,31,36). The van der Waals surface area contributed by atoms with Crippen LogP contribution >= 0.6 is 0 Å². The number of carbonyl (C=O) groups excluding carboxylic acids is 1. The van der Waals surface area contributed by atoms with Crippen LogP contribution in [-0.2, 0) is 4.74 Å². The average molecular weight is 499 g/mol. The van der Waals surface area contributed by atoms with Gasteiger partial charge in [0.15, 0.2) is 0 Å². The van der Waals surface area contributed by atoms with Crippen LogP contribution in [0.4, 0.5) is 10.5 Å². The van der Waals surface area contributed by atoms with Crippen molar-refractivity contribution < 1.29 is 9.53 Å². The summed E-state index contributed by atoms with van der Waals surface area (Å²) < 4.78 is 7.00. The molecule has 1 unspecified atom stereocenters. The van der Waals surface area contributed by atoms with Gasteiger partial charge in [0.2, 0.25) is 0 Å². The predicted molar refractivity (Wildman–Crippen MR) is 149 cm³/mol. The van der Waals surface area contributed by atoms with Gasteiger partial charge in [-0.25, -0.2) is 9.78 Å². The number of hydrogen-bond acceptors (Lipinski definition) is 4. The van der Waals surface area contributed by atoms with Crippen molar-refractivity contribution in [1.29, 1.82) is 0 Å². The fourth-order valence-corrected chi connectivity index (χ4v) is 4.45. The van der Waals surface area contributed by atoms with Crippen LogP contribution in [0.3, 0.4) is 0 Å². The maximum Gasteiger partial charge on any atom is 0.322 e. The monoisotopic (exact) mass is 498 g/mol. The summed E-state index contributed by atoms with van der Waals surface area (Å²) in [6.07, 6.45) is 0.556. The van der Waals surface area contributed by atoms with E-state index < -0.39 is 6.04 Å². The normalized spacial score (nSPS) is 11.9. The molecule has 0 radical (unpaired) electrons. The lowest BCUT2D eigenvalue weighted by Crippen LogP contribution is -2.42. The Hall–Kier alpha value is -3.97. The zero-order valence-electron chi connectivity index (χ0n) is 22.1. The van der Waals surface area contributed by atoms with Gasteiger partial charge in [-0.05, 0) is 74.7 Å². The van der Waals surface area contributed by atoms with Crippen molar-refractivity contribution in [2.24, 2.45) is 0 Å². The molecule has 0 spiro atoms. The molecule has 7 nitrogen and oxygen atoms in total. The number of anilines is 1. The third-order valence-electron chi connectivity index (χ3n) is 6.71. The molecule has 0 aliphatic heterocycles. The number of benzene rings is 3. The second kappa shape index (κ2) is 11.4. The van der Waals surface area contributed by atoms with E-state index in [-0.39, 0.29) is 11.6 Å². The van der Waals surface area contributed by atoms with Gasteiger partial charge in [0.05, 0.1) is 29.2 Å². The predicted octanol–water partition coefficient (Wildman–Crippen LogP) is 5.94. The summed E-state index contributed by atoms with van der Waals surface area (Å²) in [6, 6.07) is 20.2. The minimum absolute atomic E-state index is 0.159. The third kappa shape index (κ3) is 5.57. The van der Waals surface area contributed by atoms with E-state index in [0.29, 0.717) is 42.0 Å². The van der Waals surface area contributed by atoms with Gasteiger partial charge < -0.3 is 15.0 Å². The van der Waals surface area contributed by atoms with E-state index in [9.17, 15) is 9.59 Å². The molecule has 1 aromatic heterocycles. The highest BCUT2D eigenvalue weighted by Gasteiger charge is 2.29. The molecule has 37 heavy (non-hydrogen) atoms. The number of para-hydroxylation sites is 1. The number of carbonyl (C=O) groups is 1. The number of rotatable bonds is 8. The van der Waals surface area contributed by atoms with Crippen LogP contribution in [0.15, 0.2) is 71.5 Å². The Labute approximate surface area is 217 Å². The lowest BCUT2D eigenvalue weighted by Gasteiger charge is -2.32. The summed E-state index contributed by atoms with van der Waals surface area (Å²) in [5.41, 5.74) is 5.19. The van der Waals surface area contributed by atoms with Gasteiger partial charge >= 0.3 is 6.03 Å². The SMILES string of the molecule is CCC(c1nc2ccccc2c(=O)n1-c1ccc(C)c(C)c1)N(CCOC)C(=O)Nc1ccc(C)cc1. The first-order valence-electron chi connectivity index (χ1n) is 12.6. The quantitative estimate of drug-likeness (QED) is 0.326. The lowest BCUT2D eigenvalue weighted by molar-refractivity contribution is 0.131. The summed E-state index contributed by atoms with van der Waals surface area (Å²) in [4.78, 5) is 34.2. The number of nitrogens with zero attached hydrogens (tertiary/aromatic N) is 3. The molecule has 0 aliphatic carbocycles. The van der Waals surface area contributed by atoms with Crippen LogP contribution in [0.5, 0.6) is 0 Å². The maximum atomic E-state index is 13.9. The second-order valence-electron chi connectivity index (χ2n) is 9.30. The van der Waals surface area contributed by atoms with Crippen molar-refractivity contribution >= 4 is 22.6 Å². The summed E-state index contributed by atoms with van der Waals surface area (Å²) in [5.74, 6) is 0.518. The number of nitrogens with one attached hydrogen (secondary N) is 1. The fourth-order valence-electron chi connectivity index (χ4n) is 4.45. The van der Waals surface area contributed by atoms with E-state index >= 15 is 0 Å². The lowest BCUT2D eigenvalue weighted by atomic mass is 10.1. The van der Waals surface area contributed by atoms with E-state index in [4.69, 9.17) is 9.72 Å². The van der Waals surface area contributed by atoms with Crippen molar-refractivity contribution in [2.75, 3.05) is 25.6 Å². The molecule has 0 bridgehead atoms. The van der Waals surface area contributed by atoms with Gasteiger partial charge in [-0.2, -0.15) is 0 Å². The van der Waals surface area contributed by atoms with Gasteiger partial charge in [-0.15, -0.1) is 0 Å². The Morgan fingerprint density at radius 1 is 1.03 bits per heavy atom. The van der Waals surface area contributed by atoms with Gasteiger partial charge in [0, 0.05) is 19.3 Å². The highest BCUT2D eigenvalue weighted by atomic mass is 16.5. The van der Waals surface area contributed by atoms with Crippen LogP contribution in [0.2, 0.25) is 0 Å². The average Bonchev–Trinajstić information content (AvgIpc) is 2.89. The number of aromatic nitrogens is 2. The van der Waals surface area contributed by atoms with E-state index in [0.717, 1.165) is 22.4 Å². The topological polar surface area (TPSA) is 76.5 Å². The summed E-state index contributed by atoms with van der Waals surface area (Å²) in [7, 11) is 1.61. The molecule has 1 atom stereocenters. The molecular formula is C30H34N4O3. The van der Waals surface area contributed by atoms with Crippen molar-refractivity contribution in [3.8, 4) is 5.69 Å². The van der Waals surface area contributed by atoms with Crippen molar-refractivity contribution in [3.05, 3.63) is 99.6 Å². The largest absolute Gasteiger partial charge is 0.383 e. The molecule has 0 fully saturated rings. The Balaban J connectivity index is 1.87. The van der Waals surface area contributed by atoms with E-state index in [1.807, 2.05) is 88.4 Å². The molecule has 3 aromatic carbocycles. The number of hydrogen-bond donors (Lipinski definition) is 1. The first kappa shape index (κ1) is 26.1. The van der Waals surface area contributed by atoms with Crippen LogP contribution in [-0.4, -0.2) is 40.7 Å². The summed E-state index contributed by atoms with van der Waals surface area (Å²) in [6.45, 7) is 8.74. The second-order valence-corrected chi connectivity index (χ2v) is 9.30. The number of amides is 2. The highest BCUT2D eigenvalue weighted by Crippen LogP contribution is 2.27. The van der Waals surface area contributed by atoms with E-state index in [2.05, 4.69) is 5.32 Å². The first-order chi connectivity index (χ1) is 17.8. The Morgan fingerprint density at radius 2 is 1.76 bits per heavy atom. The van der Waals surface area contributed by atoms with Crippen LogP contribution in [0, 0.1) is 20.8 Å². The van der Waals surface area contributed by atoms with Crippen molar-refractivity contribution in [3.63, 3.8) is 0 Å². The number of ether oxygens (including phenoxy) is 1. The molecule has 0 aliphatic rings. The molecule has 2 amide bonds. The Kier molecular flexibility index (Phi) is 8.04. The zero-order valence-corrected chi connectivity index (χ0v) is 22.1. The van der Waals surface area contributed by atoms with Gasteiger partial charge in [-0.3, -0.25) is 9.36 Å². The van der Waals surface area contributed by atoms with Crippen molar-refractivity contribution in [2.45, 2.75) is 40.2 Å². The van der Waals surface area contributed by atoms with Crippen LogP contribution < -0.4 is 10.9 Å². The van der Waals surface area contributed by atoms with E-state index in [1.54, 1.807) is 22.6 Å². The Bertz CT molecular complexity index is 1460. The molecule has 1 N–H and O–H groups in total. The maximum absolute atomic E-state index is 13.9. The van der Waals surface area contributed by atoms with Crippen LogP contribution in [0.1, 0.15) is 41.9 Å².